The summed E-state index contributed by atoms with van der Waals surface area (Å²) >= 11 is -1.54. The van der Waals surface area contributed by atoms with Crippen LogP contribution in [0.2, 0.25) is 0 Å². The van der Waals surface area contributed by atoms with E-state index in [-0.39, 0.29) is 35.6 Å². The quantitative estimate of drug-likeness (QED) is 0.176. The summed E-state index contributed by atoms with van der Waals surface area (Å²) in [5, 5.41) is 10.8. The predicted octanol–water partition coefficient (Wildman–Crippen LogP) is 1.20. The van der Waals surface area contributed by atoms with Crippen LogP contribution in [0, 0.1) is 17.3 Å². The molecule has 0 bridgehead atoms. The van der Waals surface area contributed by atoms with Crippen molar-refractivity contribution in [2.45, 2.75) is 77.2 Å². The number of ether oxygens (including phenoxy) is 1. The molecule has 0 radical (unpaired) electrons. The Labute approximate surface area is 268 Å². The topological polar surface area (TPSA) is 90.4 Å². The number of nitrogens with zero attached hydrogens (tertiary/aromatic N) is 3. The van der Waals surface area contributed by atoms with Gasteiger partial charge in [-0.2, -0.15) is 0 Å². The molecule has 8 nitrogen and oxygen atoms in total. The van der Waals surface area contributed by atoms with Gasteiger partial charge in [-0.3, -0.25) is 4.79 Å². The van der Waals surface area contributed by atoms with Crippen LogP contribution in [0.1, 0.15) is 76.3 Å². The average Bonchev–Trinajstić information content (AvgIpc) is 3.18. The third-order valence-corrected chi connectivity index (χ3v) is 14.4. The van der Waals surface area contributed by atoms with Gasteiger partial charge in [0.25, 0.3) is 0 Å². The number of likely N-dealkylation sites (tertiary alicyclic amines) is 2. The Bertz CT molecular complexity index is 1250. The first-order valence-electron chi connectivity index (χ1n) is 16.6. The van der Waals surface area contributed by atoms with E-state index < -0.39 is 35.9 Å². The number of benzene rings is 1. The van der Waals surface area contributed by atoms with Crippen LogP contribution < -0.4 is 23.2 Å². The van der Waals surface area contributed by atoms with Gasteiger partial charge >= 0.3 is 192 Å². The molecule has 44 heavy (non-hydrogen) atoms. The molecule has 0 aromatic heterocycles. The van der Waals surface area contributed by atoms with Gasteiger partial charge in [0.1, 0.15) is 5.75 Å². The fourth-order valence-electron chi connectivity index (χ4n) is 8.10. The molecule has 5 rings (SSSR count). The van der Waals surface area contributed by atoms with Crippen LogP contribution in [0.5, 0.6) is 5.75 Å². The Morgan fingerprint density at radius 1 is 1.14 bits per heavy atom. The molecular formula is C35H55IN3O5-. The molecule has 1 aromatic rings. The molecule has 248 valence electrons. The summed E-state index contributed by atoms with van der Waals surface area (Å²) in [7, 11) is 0. The second kappa shape index (κ2) is 13.1. The van der Waals surface area contributed by atoms with Crippen molar-refractivity contribution in [2.24, 2.45) is 17.3 Å². The van der Waals surface area contributed by atoms with Crippen molar-refractivity contribution in [3.8, 4) is 5.75 Å². The molecule has 1 aromatic carbocycles. The molecule has 4 aliphatic rings. The Balaban J connectivity index is 1.39. The summed E-state index contributed by atoms with van der Waals surface area (Å²) in [6.07, 6.45) is 6.26. The number of carbonyl (C=O) groups is 3. The first kappa shape index (κ1) is 33.5. The fraction of sp³-hybridized carbons (Fsp3) is 0.743. The van der Waals surface area contributed by atoms with Gasteiger partial charge in [-0.25, -0.2) is 0 Å². The third kappa shape index (κ3) is 7.24. The van der Waals surface area contributed by atoms with E-state index in [4.69, 9.17) is 4.74 Å². The number of carboxylic acid groups (broad SMARTS) is 1. The number of rotatable bonds is 14. The Kier molecular flexibility index (Phi) is 9.96. The zero-order valence-corrected chi connectivity index (χ0v) is 30.0. The SMILES string of the molecule is CCCCN(CCCC[I-](C)(C)C)C(=O)CN1C[C@H](c2ccc3c(c2)CCO3)[C@@H](C(=O)O)C12CC2CN1CC(C)(C)CC1=O. The van der Waals surface area contributed by atoms with E-state index in [9.17, 15) is 19.5 Å². The summed E-state index contributed by atoms with van der Waals surface area (Å²) in [5.74, 6) is -0.443. The second-order valence-corrected chi connectivity index (χ2v) is 27.5. The minimum Gasteiger partial charge on any atom is -0.275 e. The van der Waals surface area contributed by atoms with Crippen molar-refractivity contribution in [3.63, 3.8) is 0 Å². The first-order valence-corrected chi connectivity index (χ1v) is 24.6. The van der Waals surface area contributed by atoms with E-state index in [0.29, 0.717) is 39.1 Å². The number of hydrogen-bond acceptors (Lipinski definition) is 5. The van der Waals surface area contributed by atoms with Crippen molar-refractivity contribution >= 4 is 17.8 Å². The zero-order valence-electron chi connectivity index (χ0n) is 27.9. The van der Waals surface area contributed by atoms with E-state index in [1.165, 1.54) is 4.43 Å². The van der Waals surface area contributed by atoms with E-state index in [1.54, 1.807) is 0 Å². The maximum absolute atomic E-state index is 14.0. The maximum atomic E-state index is 14.0. The van der Waals surface area contributed by atoms with Gasteiger partial charge in [0.2, 0.25) is 5.91 Å². The summed E-state index contributed by atoms with van der Waals surface area (Å²) in [4.78, 5) is 53.7. The molecule has 2 saturated heterocycles. The van der Waals surface area contributed by atoms with Crippen LogP contribution >= 0.6 is 0 Å². The molecule has 3 fully saturated rings. The van der Waals surface area contributed by atoms with E-state index in [2.05, 4.69) is 46.5 Å². The molecule has 1 aliphatic carbocycles. The van der Waals surface area contributed by atoms with Gasteiger partial charge in [-0.15, -0.1) is 0 Å². The number of halogens is 1. The molecule has 3 aliphatic heterocycles. The summed E-state index contributed by atoms with van der Waals surface area (Å²) < 4.78 is 7.05. The summed E-state index contributed by atoms with van der Waals surface area (Å²) in [6, 6.07) is 6.15. The van der Waals surface area contributed by atoms with E-state index >= 15 is 0 Å². The number of carboxylic acids is 1. The first-order chi connectivity index (χ1) is 20.7. The Morgan fingerprint density at radius 3 is 2.55 bits per heavy atom. The molecule has 4 atom stereocenters. The van der Waals surface area contributed by atoms with Crippen molar-refractivity contribution in [2.75, 3.05) is 65.1 Å². The number of amides is 2. The minimum atomic E-state index is -1.54. The van der Waals surface area contributed by atoms with Crippen molar-refractivity contribution in [1.82, 2.24) is 14.7 Å². The predicted molar refractivity (Wildman–Crippen MR) is 170 cm³/mol. The van der Waals surface area contributed by atoms with Crippen molar-refractivity contribution in [3.05, 3.63) is 29.3 Å². The molecule has 1 spiro atoms. The van der Waals surface area contributed by atoms with Gasteiger partial charge in [0.15, 0.2) is 0 Å². The molecule has 1 N–H and O–H groups in total. The van der Waals surface area contributed by atoms with E-state index in [1.807, 2.05) is 21.9 Å². The van der Waals surface area contributed by atoms with Gasteiger partial charge < -0.3 is 4.74 Å². The number of hydrogen-bond donors (Lipinski definition) is 1. The van der Waals surface area contributed by atoms with Gasteiger partial charge in [0.05, 0.1) is 6.61 Å². The number of alkyl halides is 4. The number of aliphatic carboxylic acids is 1. The number of unbranched alkanes of at least 4 members (excludes halogenated alkanes) is 2. The smallest absolute Gasteiger partial charge is 0.275 e. The third-order valence-electron chi connectivity index (χ3n) is 10.4. The summed E-state index contributed by atoms with van der Waals surface area (Å²) in [5.41, 5.74) is 1.47. The van der Waals surface area contributed by atoms with Crippen LogP contribution in [0.4, 0.5) is 0 Å². The van der Waals surface area contributed by atoms with Crippen LogP contribution in [-0.4, -0.2) is 108 Å². The standard InChI is InChI=1S/C35H55IN3O5/c1-7-8-15-37(16-10-9-14-36(4,5)6)31(41)23-39-22-28(25-11-12-29-26(18-25)13-17-44-29)32(33(42)43)35(39)19-27(35)21-38-24-34(2,3)20-30(38)40/h11-12,18,27-28,32H,7-10,13-17,19-24H2,1-6H3,(H,42,43)/q-1/t27?,28-,32+,35?/m1/s1. The normalized spacial score (nSPS) is 27.9. The molecule has 2 unspecified atom stereocenters. The number of fused-ring (bicyclic) bond motifs is 1. The zero-order chi connectivity index (χ0) is 31.9. The van der Waals surface area contributed by atoms with E-state index in [0.717, 1.165) is 62.1 Å². The molecule has 2 amide bonds. The van der Waals surface area contributed by atoms with Gasteiger partial charge in [-0.1, -0.05) is 13.8 Å². The van der Waals surface area contributed by atoms with Crippen LogP contribution in [0.3, 0.4) is 0 Å². The van der Waals surface area contributed by atoms with Gasteiger partial charge in [0, 0.05) is 19.4 Å². The Morgan fingerprint density at radius 2 is 1.89 bits per heavy atom. The van der Waals surface area contributed by atoms with Crippen LogP contribution in [0.15, 0.2) is 18.2 Å². The molecule has 3 heterocycles. The molecule has 9 heteroatoms. The average molecular weight is 725 g/mol. The second-order valence-electron chi connectivity index (χ2n) is 15.3. The molecular weight excluding hydrogens is 669 g/mol. The Hall–Kier alpha value is -1.88. The molecule has 1 saturated carbocycles. The van der Waals surface area contributed by atoms with Crippen LogP contribution in [-0.2, 0) is 20.8 Å². The monoisotopic (exact) mass is 724 g/mol. The van der Waals surface area contributed by atoms with Crippen molar-refractivity contribution < 1.29 is 42.7 Å². The van der Waals surface area contributed by atoms with Gasteiger partial charge in [-0.05, 0) is 17.0 Å². The number of carbonyl (C=O) groups excluding carboxylic acids is 2. The van der Waals surface area contributed by atoms with Crippen LogP contribution in [0.25, 0.3) is 0 Å². The summed E-state index contributed by atoms with van der Waals surface area (Å²) in [6.45, 7) is 10.6. The fourth-order valence-corrected chi connectivity index (χ4v) is 10.9. The minimum absolute atomic E-state index is 0.0410. The van der Waals surface area contributed by atoms with Crippen molar-refractivity contribution in [1.29, 1.82) is 0 Å².